The van der Waals surface area contributed by atoms with Crippen molar-refractivity contribution in [3.05, 3.63) is 192 Å². The van der Waals surface area contributed by atoms with E-state index >= 15 is 0 Å². The summed E-state index contributed by atoms with van der Waals surface area (Å²) < 4.78 is 52.8. The number of alkyl halides is 3. The fourth-order valence-corrected chi connectivity index (χ4v) is 10.3. The number of aromatic amines is 2. The first-order chi connectivity index (χ1) is 42.0. The SMILES string of the molecule is C.COc1cnc(-n2ccc(-c3ccc(C(=O)O)cc3)n2)c2[nH]cc(C(=O)C(=O)N3CCN(C(=O)c4ccccc4)CC3)c12.COc1cnc(-n2ccc(-c3ccc(C(F)(F)F)cc3)n2)c2[nH]cc(C(=O)C(=O)N3CCN(C(=O)c4ccccc4)CC3)c12. The van der Waals surface area contributed by atoms with Crippen molar-refractivity contribution in [3.8, 4) is 45.6 Å². The van der Waals surface area contributed by atoms with Crippen LogP contribution < -0.4 is 9.47 Å². The number of nitrogens with one attached hydrogen (secondary N) is 2. The maximum Gasteiger partial charge on any atom is 0.416 e. The van der Waals surface area contributed by atoms with Gasteiger partial charge in [-0.15, -0.1) is 0 Å². The first-order valence-electron chi connectivity index (χ1n) is 27.1. The number of amides is 4. The van der Waals surface area contributed by atoms with E-state index in [-0.39, 0.29) is 67.9 Å². The Morgan fingerprint density at radius 1 is 0.500 bits per heavy atom. The summed E-state index contributed by atoms with van der Waals surface area (Å²) in [4.78, 5) is 112. The van der Waals surface area contributed by atoms with E-state index in [1.54, 1.807) is 95.0 Å². The molecule has 12 rings (SSSR count). The van der Waals surface area contributed by atoms with Gasteiger partial charge in [0, 0.05) is 99.4 Å². The van der Waals surface area contributed by atoms with Gasteiger partial charge in [-0.2, -0.15) is 23.4 Å². The molecule has 22 nitrogen and oxygen atoms in total. The van der Waals surface area contributed by atoms with Gasteiger partial charge in [0.2, 0.25) is 0 Å². The van der Waals surface area contributed by atoms with Crippen molar-refractivity contribution in [2.75, 3.05) is 66.6 Å². The number of ether oxygens (including phenoxy) is 2. The number of carbonyl (C=O) groups is 7. The minimum absolute atomic E-state index is 0. The predicted octanol–water partition coefficient (Wildman–Crippen LogP) is 8.54. The van der Waals surface area contributed by atoms with Crippen molar-refractivity contribution in [2.24, 2.45) is 0 Å². The molecule has 10 aromatic rings. The number of carbonyl (C=O) groups excluding carboxylic acids is 6. The molecule has 0 unspecified atom stereocenters. The van der Waals surface area contributed by atoms with Crippen LogP contribution in [0.1, 0.15) is 64.8 Å². The molecule has 0 radical (unpaired) electrons. The number of H-pyrrole nitrogens is 2. The molecule has 448 valence electrons. The van der Waals surface area contributed by atoms with Gasteiger partial charge in [0.1, 0.15) is 11.5 Å². The number of hydrogen-bond donors (Lipinski definition) is 3. The number of carboxylic acids is 1. The van der Waals surface area contributed by atoms with E-state index in [1.807, 2.05) is 12.1 Å². The lowest BCUT2D eigenvalue weighted by Gasteiger charge is -2.34. The molecule has 4 aromatic carbocycles. The number of hydrogen-bond acceptors (Lipinski definition) is 13. The first-order valence-corrected chi connectivity index (χ1v) is 27.1. The van der Waals surface area contributed by atoms with Crippen LogP contribution in [0, 0.1) is 0 Å². The number of carboxylic acid groups (broad SMARTS) is 1. The van der Waals surface area contributed by atoms with Crippen LogP contribution >= 0.6 is 0 Å². The minimum Gasteiger partial charge on any atom is -0.494 e. The summed E-state index contributed by atoms with van der Waals surface area (Å²) in [7, 11) is 2.87. The van der Waals surface area contributed by atoms with Gasteiger partial charge in [-0.25, -0.2) is 24.1 Å². The smallest absolute Gasteiger partial charge is 0.416 e. The topological polar surface area (TPSA) is 264 Å². The van der Waals surface area contributed by atoms with Crippen molar-refractivity contribution in [1.29, 1.82) is 0 Å². The normalized spacial score (nSPS) is 13.3. The number of ketones is 2. The van der Waals surface area contributed by atoms with Crippen LogP contribution in [0.2, 0.25) is 0 Å². The summed E-state index contributed by atoms with van der Waals surface area (Å²) in [6, 6.07) is 32.2. The fourth-order valence-electron chi connectivity index (χ4n) is 10.3. The number of nitrogens with zero attached hydrogens (tertiary/aromatic N) is 10. The van der Waals surface area contributed by atoms with Crippen LogP contribution in [-0.2, 0) is 15.8 Å². The summed E-state index contributed by atoms with van der Waals surface area (Å²) in [5, 5.41) is 19.0. The van der Waals surface area contributed by atoms with Crippen LogP contribution in [0.5, 0.6) is 11.5 Å². The summed E-state index contributed by atoms with van der Waals surface area (Å²) in [6.45, 7) is 2.09. The molecule has 6 aromatic heterocycles. The van der Waals surface area contributed by atoms with Crippen LogP contribution in [0.25, 0.3) is 56.0 Å². The van der Waals surface area contributed by atoms with E-state index < -0.39 is 41.1 Å². The molecule has 0 spiro atoms. The maximum absolute atomic E-state index is 13.5. The number of rotatable bonds is 13. The molecule has 8 heterocycles. The zero-order valence-electron chi connectivity index (χ0n) is 46.4. The van der Waals surface area contributed by atoms with E-state index in [0.717, 1.165) is 12.1 Å². The molecule has 2 aliphatic heterocycles. The second-order valence-electron chi connectivity index (χ2n) is 20.0. The van der Waals surface area contributed by atoms with Crippen LogP contribution in [0.3, 0.4) is 0 Å². The van der Waals surface area contributed by atoms with Crippen LogP contribution in [0.4, 0.5) is 13.2 Å². The van der Waals surface area contributed by atoms with Crippen molar-refractivity contribution in [2.45, 2.75) is 13.6 Å². The Balaban J connectivity index is 0.000000192. The number of benzene rings is 4. The van der Waals surface area contributed by atoms with E-state index in [9.17, 15) is 46.7 Å². The lowest BCUT2D eigenvalue weighted by Crippen LogP contribution is -2.52. The van der Waals surface area contributed by atoms with E-state index in [2.05, 4.69) is 30.1 Å². The third-order valence-corrected chi connectivity index (χ3v) is 14.9. The van der Waals surface area contributed by atoms with Gasteiger partial charge in [0.15, 0.2) is 11.6 Å². The van der Waals surface area contributed by atoms with Gasteiger partial charge >= 0.3 is 12.1 Å². The molecule has 2 saturated heterocycles. The quantitative estimate of drug-likeness (QED) is 0.0722. The standard InChI is InChI=1S/C31H25F3N6O4.C31H26N6O6.CH4/c1-44-24-18-36-28(40-12-11-23(37-40)19-7-9-21(10-8-19)31(32,33)34)26-25(24)22(17-35-26)27(41)30(43)39-15-13-38(14-16-39)29(42)20-5-3-2-4-6-20;1-43-24-18-33-28(37-12-11-23(34-37)19-7-9-21(10-8-19)31(41)42)26-25(24)22(17-32-26)27(38)30(40)36-15-13-35(14-16-36)29(39)20-5-3-2-4-6-20;/h2-12,17-18,35H,13-16H2,1H3;2-12,17-18,32H,13-16H2,1H3,(H,41,42);1H4. The highest BCUT2D eigenvalue weighted by Gasteiger charge is 2.34. The Morgan fingerprint density at radius 3 is 1.24 bits per heavy atom. The number of methoxy groups -OCH3 is 2. The molecule has 0 bridgehead atoms. The monoisotopic (exact) mass is 1200 g/mol. The van der Waals surface area contributed by atoms with Gasteiger partial charge in [-0.05, 0) is 60.7 Å². The molecule has 0 atom stereocenters. The Morgan fingerprint density at radius 2 is 0.875 bits per heavy atom. The molecule has 0 saturated carbocycles. The van der Waals surface area contributed by atoms with Crippen LogP contribution in [-0.4, -0.2) is 172 Å². The molecule has 2 fully saturated rings. The van der Waals surface area contributed by atoms with Gasteiger partial charge < -0.3 is 44.1 Å². The lowest BCUT2D eigenvalue weighted by molar-refractivity contribution is -0.137. The van der Waals surface area contributed by atoms with E-state index in [0.29, 0.717) is 99.0 Å². The molecule has 88 heavy (non-hydrogen) atoms. The summed E-state index contributed by atoms with van der Waals surface area (Å²) >= 11 is 0. The minimum atomic E-state index is -4.45. The number of aromatic nitrogens is 8. The number of fused-ring (bicyclic) bond motifs is 2. The Hall–Kier alpha value is -11.2. The summed E-state index contributed by atoms with van der Waals surface area (Å²) in [5.41, 5.74) is 3.78. The van der Waals surface area contributed by atoms with Crippen molar-refractivity contribution in [1.82, 2.24) is 59.1 Å². The van der Waals surface area contributed by atoms with Gasteiger partial charge in [-0.3, -0.25) is 28.8 Å². The largest absolute Gasteiger partial charge is 0.494 e. The lowest BCUT2D eigenvalue weighted by atomic mass is 10.1. The van der Waals surface area contributed by atoms with Crippen molar-refractivity contribution in [3.63, 3.8) is 0 Å². The molecule has 4 amide bonds. The van der Waals surface area contributed by atoms with E-state index in [4.69, 9.17) is 14.6 Å². The average molecular weight is 1200 g/mol. The molecule has 3 N–H and O–H groups in total. The zero-order chi connectivity index (χ0) is 61.1. The Labute approximate surface area is 499 Å². The van der Waals surface area contributed by atoms with Gasteiger partial charge in [0.25, 0.3) is 35.2 Å². The van der Waals surface area contributed by atoms with Gasteiger partial charge in [-0.1, -0.05) is 68.1 Å². The third kappa shape index (κ3) is 11.9. The number of pyridine rings is 2. The fraction of sp³-hybridized carbons (Fsp3) is 0.190. The highest BCUT2D eigenvalue weighted by atomic mass is 19.4. The van der Waals surface area contributed by atoms with E-state index in [1.165, 1.54) is 82.4 Å². The zero-order valence-corrected chi connectivity index (χ0v) is 46.4. The third-order valence-electron chi connectivity index (χ3n) is 14.9. The molecule has 0 aliphatic carbocycles. The number of aromatic carboxylic acids is 1. The highest BCUT2D eigenvalue weighted by molar-refractivity contribution is 6.46. The average Bonchev–Trinajstić information content (AvgIpc) is 2.80. The first kappa shape index (κ1) is 59.9. The predicted molar refractivity (Wildman–Crippen MR) is 316 cm³/mol. The maximum atomic E-state index is 13.5. The molecular formula is C63H55F3N12O10. The van der Waals surface area contributed by atoms with Crippen molar-refractivity contribution >= 4 is 63.0 Å². The Kier molecular flexibility index (Phi) is 17.1. The molecule has 25 heteroatoms. The highest BCUT2D eigenvalue weighted by Crippen LogP contribution is 2.35. The second kappa shape index (κ2) is 25.1. The number of piperazine rings is 2. The number of halogens is 3. The summed E-state index contributed by atoms with van der Waals surface area (Å²) in [6.07, 6.45) is 4.57. The Bertz CT molecular complexity index is 4260. The molecular weight excluding hydrogens is 1140 g/mol. The van der Waals surface area contributed by atoms with Crippen LogP contribution in [0.15, 0.2) is 159 Å². The van der Waals surface area contributed by atoms with Gasteiger partial charge in [0.05, 0.1) is 82.1 Å². The summed E-state index contributed by atoms with van der Waals surface area (Å²) in [5.74, 6) is -2.85. The van der Waals surface area contributed by atoms with Crippen molar-refractivity contribution < 1.29 is 61.3 Å². The number of Topliss-reactive ketones (excluding diaryl/α,β-unsaturated/α-hetero) is 2. The molecule has 2 aliphatic rings. The second-order valence-corrected chi connectivity index (χ2v) is 20.0.